The molecule has 0 aliphatic carbocycles. The Morgan fingerprint density at radius 1 is 0.175 bits per heavy atom. The van der Waals surface area contributed by atoms with Crippen molar-refractivity contribution in [1.82, 2.24) is 0 Å². The molecule has 18 rings (SSSR count). The molecule has 0 amide bonds. The summed E-state index contributed by atoms with van der Waals surface area (Å²) in [7, 11) is 48.0. The minimum atomic E-state index is -3.92. The first-order chi connectivity index (χ1) is 61.2. The van der Waals surface area contributed by atoms with Crippen LogP contribution in [0.5, 0.6) is 0 Å². The van der Waals surface area contributed by atoms with E-state index in [4.69, 9.17) is 90.4 Å². The van der Waals surface area contributed by atoms with E-state index in [1.165, 1.54) is 75.4 Å². The molecule has 0 aliphatic rings. The molecule has 0 aromatic heterocycles. The van der Waals surface area contributed by atoms with Crippen LogP contribution in [0.15, 0.2) is 328 Å². The maximum atomic E-state index is 6.36. The maximum absolute atomic E-state index is 6.36. The van der Waals surface area contributed by atoms with E-state index in [2.05, 4.69) is 218 Å². The molecule has 0 heterocycles. The van der Waals surface area contributed by atoms with E-state index in [9.17, 15) is 0 Å². The van der Waals surface area contributed by atoms with Gasteiger partial charge in [0.1, 0.15) is 0 Å². The fraction of sp³-hybridized carbons (Fsp3) is 0.176. The summed E-state index contributed by atoms with van der Waals surface area (Å²) in [6.45, 7) is 15.6. The molecule has 0 bridgehead atoms. The van der Waals surface area contributed by atoms with Gasteiger partial charge in [-0.2, -0.15) is 0 Å². The molecule has 0 aliphatic heterocycles. The molecule has 126 heavy (non-hydrogen) atoms. The van der Waals surface area contributed by atoms with Crippen LogP contribution in [0, 0.1) is 0 Å². The first-order valence-corrected chi connectivity index (χ1v) is 86.1. The second-order valence-corrected chi connectivity index (χ2v) is 99.0. The Hall–Kier alpha value is -4.87. The monoisotopic (exact) mass is 2450 g/mol. The zero-order valence-corrected chi connectivity index (χ0v) is 94.2. The standard InChI is InChI=1S/6C14H9.6C2H5O.6CH3O.6ClH.6Sn/c3*1-3-7-13-11(5-1)9-10-12-6-2-4-8-14(12)13;3*1-2-6-12-10-14-8-4-3-7-13(14)9-11(12)5-1;6*1-2-3;6*1-2;;;;;;;;;;;;/h6*1-9H;6*2H2,1H3;6*1H3;6*1H;;;;;;/q;;;;;;12*-1;;;;;;;6*+3/p-6. The van der Waals surface area contributed by atoms with Crippen LogP contribution in [-0.4, -0.2) is 191 Å². The molecule has 0 fully saturated rings. The summed E-state index contributed by atoms with van der Waals surface area (Å²) in [4.78, 5) is 0. The molecule has 0 spiro atoms. The van der Waals surface area contributed by atoms with Crippen molar-refractivity contribution in [2.24, 2.45) is 0 Å². The van der Waals surface area contributed by atoms with Gasteiger partial charge in [-0.3, -0.25) is 0 Å². The van der Waals surface area contributed by atoms with Crippen molar-refractivity contribution in [3.8, 4) is 0 Å². The summed E-state index contributed by atoms with van der Waals surface area (Å²) in [5.41, 5.74) is 0. The van der Waals surface area contributed by atoms with Gasteiger partial charge in [0.05, 0.1) is 0 Å². The van der Waals surface area contributed by atoms with Gasteiger partial charge < -0.3 is 0 Å². The van der Waals surface area contributed by atoms with E-state index in [0.29, 0.717) is 39.6 Å². The van der Waals surface area contributed by atoms with E-state index in [0.717, 1.165) is 75.3 Å². The number of halogens is 6. The molecule has 18 aromatic rings. The number of hydrogen-bond acceptors (Lipinski definition) is 12. The van der Waals surface area contributed by atoms with Gasteiger partial charge in [0.25, 0.3) is 0 Å². The van der Waals surface area contributed by atoms with Crippen LogP contribution < -0.4 is 21.5 Å². The van der Waals surface area contributed by atoms with Gasteiger partial charge in [-0.1, -0.05) is 0 Å². The van der Waals surface area contributed by atoms with E-state index in [1.54, 1.807) is 42.7 Å². The molecule has 0 saturated carbocycles. The average molecular weight is 2440 g/mol. The van der Waals surface area contributed by atoms with Gasteiger partial charge >= 0.3 is 801 Å². The molecular formula is C102H102Cl6O12Sn6. The summed E-state index contributed by atoms with van der Waals surface area (Å²) in [6, 6.07) is 113. The number of rotatable bonds is 24. The van der Waals surface area contributed by atoms with Crippen molar-refractivity contribution < 1.29 is 36.9 Å². The van der Waals surface area contributed by atoms with E-state index in [-0.39, 0.29) is 0 Å². The fourth-order valence-corrected chi connectivity index (χ4v) is 58.0. The van der Waals surface area contributed by atoms with Crippen LogP contribution in [-0.2, 0) is 36.9 Å². The van der Waals surface area contributed by atoms with Gasteiger partial charge in [0, 0.05) is 0 Å². The van der Waals surface area contributed by atoms with Crippen LogP contribution in [0.3, 0.4) is 0 Å². The first-order valence-electron chi connectivity index (χ1n) is 41.9. The zero-order chi connectivity index (χ0) is 89.2. The summed E-state index contributed by atoms with van der Waals surface area (Å²) < 4.78 is 78.5. The molecule has 24 heteroatoms. The van der Waals surface area contributed by atoms with Gasteiger partial charge in [-0.05, 0) is 0 Å². The summed E-state index contributed by atoms with van der Waals surface area (Å²) in [6.07, 6.45) is 0. The SMILES string of the molecule is CC[O][Sn]([O]CC)([O]CC)[c]1c2ccccc2cc2ccccc12.CC[O][Sn]([O]CC)([O]CC)[c]1cc2ccccc2c2ccccc12.C[O][Sn]([O]C)([O]C)[c]1c2ccccc2cc2ccccc12.C[O][Sn]([O]C)([O]C)[c]1cc2ccccc2c2ccccc12.[Cl][Sn]([Cl])([Cl])[c]1c2ccccc2cc2ccccc12.[Cl][Sn]([Cl])([Cl])[c]1cc2ccccc2c2ccccc12. The molecule has 0 atom stereocenters. The third-order valence-electron chi connectivity index (χ3n) is 22.1. The quantitative estimate of drug-likeness (QED) is 0.0326. The van der Waals surface area contributed by atoms with Crippen LogP contribution in [0.4, 0.5) is 0 Å². The van der Waals surface area contributed by atoms with E-state index < -0.39 is 108 Å². The van der Waals surface area contributed by atoms with Crippen molar-refractivity contribution in [3.05, 3.63) is 328 Å². The molecule has 12 nitrogen and oxygen atoms in total. The van der Waals surface area contributed by atoms with Crippen molar-refractivity contribution in [1.29, 1.82) is 0 Å². The number of benzene rings is 18. The van der Waals surface area contributed by atoms with Crippen LogP contribution >= 0.6 is 53.5 Å². The van der Waals surface area contributed by atoms with Crippen LogP contribution in [0.1, 0.15) is 41.5 Å². The molecular weight excluding hydrogens is 2340 g/mol. The van der Waals surface area contributed by atoms with Gasteiger partial charge in [-0.25, -0.2) is 0 Å². The predicted molar refractivity (Wildman–Crippen MR) is 548 cm³/mol. The zero-order valence-electron chi connectivity index (χ0n) is 72.6. The van der Waals surface area contributed by atoms with E-state index in [1.807, 2.05) is 151 Å². The van der Waals surface area contributed by atoms with E-state index >= 15 is 0 Å². The van der Waals surface area contributed by atoms with Crippen molar-refractivity contribution in [3.63, 3.8) is 0 Å². The Balaban J connectivity index is 0.000000130. The summed E-state index contributed by atoms with van der Waals surface area (Å²) in [5, 5.41) is 28.1. The summed E-state index contributed by atoms with van der Waals surface area (Å²) >= 11 is -22.7. The van der Waals surface area contributed by atoms with Crippen LogP contribution in [0.25, 0.3) is 129 Å². The molecule has 18 aromatic carbocycles. The molecule has 0 radical (unpaired) electrons. The average Bonchev–Trinajstić information content (AvgIpc) is 0.780. The molecule has 0 unspecified atom stereocenters. The predicted octanol–water partition coefficient (Wildman–Crippen LogP) is 24.4. The Bertz CT molecular complexity index is 6540. The second kappa shape index (κ2) is 45.7. The Labute approximate surface area is 790 Å². The topological polar surface area (TPSA) is 111 Å². The van der Waals surface area contributed by atoms with Gasteiger partial charge in [0.2, 0.25) is 0 Å². The van der Waals surface area contributed by atoms with Crippen molar-refractivity contribution >= 4 is 313 Å². The molecule has 648 valence electrons. The molecule has 0 N–H and O–H groups in total. The van der Waals surface area contributed by atoms with Gasteiger partial charge in [-0.15, -0.1) is 0 Å². The third-order valence-corrected chi connectivity index (χ3v) is 69.4. The third kappa shape index (κ3) is 21.6. The first kappa shape index (κ1) is 98.6. The molecule has 0 saturated heterocycles. The van der Waals surface area contributed by atoms with Crippen molar-refractivity contribution in [2.45, 2.75) is 41.5 Å². The Morgan fingerprint density at radius 3 is 0.595 bits per heavy atom. The van der Waals surface area contributed by atoms with Crippen molar-refractivity contribution in [2.75, 3.05) is 82.3 Å². The van der Waals surface area contributed by atoms with Gasteiger partial charge in [0.15, 0.2) is 0 Å². The Morgan fingerprint density at radius 2 is 0.357 bits per heavy atom. The number of fused-ring (bicyclic) bond motifs is 15. The number of hydrogen-bond donors (Lipinski definition) is 0. The normalized spacial score (nSPS) is 12.1. The fourth-order valence-electron chi connectivity index (χ4n) is 16.9. The second-order valence-electron chi connectivity index (χ2n) is 29.2. The van der Waals surface area contributed by atoms with Crippen LogP contribution in [0.2, 0.25) is 0 Å². The summed E-state index contributed by atoms with van der Waals surface area (Å²) in [5.74, 6) is 0. The Kier molecular flexibility index (Phi) is 35.8. The minimum absolute atomic E-state index is 0.591.